The molecule has 0 aromatic heterocycles. The van der Waals surface area contributed by atoms with Crippen molar-refractivity contribution in [2.24, 2.45) is 0 Å². The van der Waals surface area contributed by atoms with Crippen LogP contribution in [0.1, 0.15) is 18.1 Å². The van der Waals surface area contributed by atoms with Gasteiger partial charge < -0.3 is 5.32 Å². The third-order valence-electron chi connectivity index (χ3n) is 3.05. The fraction of sp³-hybridized carbons (Fsp3) is 0.250. The Hall–Kier alpha value is -1.31. The molecular formula is C16H18ClN. The van der Waals surface area contributed by atoms with Crippen LogP contribution in [0.3, 0.4) is 0 Å². The second kappa shape index (κ2) is 6.03. The average Bonchev–Trinajstić information content (AvgIpc) is 2.38. The molecule has 94 valence electrons. The Morgan fingerprint density at radius 1 is 1.06 bits per heavy atom. The lowest BCUT2D eigenvalue weighted by molar-refractivity contribution is 0.727. The Labute approximate surface area is 114 Å². The molecule has 2 rings (SSSR count). The van der Waals surface area contributed by atoms with Crippen LogP contribution in [0.5, 0.6) is 0 Å². The number of hydrogen-bond donors (Lipinski definition) is 1. The van der Waals surface area contributed by atoms with Gasteiger partial charge in [0.05, 0.1) is 0 Å². The number of halogens is 1. The van der Waals surface area contributed by atoms with Gasteiger partial charge in [0.15, 0.2) is 0 Å². The van der Waals surface area contributed by atoms with Crippen LogP contribution in [-0.4, -0.2) is 6.54 Å². The van der Waals surface area contributed by atoms with E-state index in [2.05, 4.69) is 43.4 Å². The van der Waals surface area contributed by atoms with Crippen LogP contribution in [0.2, 0.25) is 5.02 Å². The van der Waals surface area contributed by atoms with E-state index < -0.39 is 0 Å². The van der Waals surface area contributed by atoms with E-state index in [0.29, 0.717) is 0 Å². The Morgan fingerprint density at radius 3 is 2.50 bits per heavy atom. The lowest BCUT2D eigenvalue weighted by Crippen LogP contribution is -2.11. The van der Waals surface area contributed by atoms with E-state index in [0.717, 1.165) is 23.7 Å². The van der Waals surface area contributed by atoms with E-state index in [-0.39, 0.29) is 0 Å². The van der Waals surface area contributed by atoms with E-state index >= 15 is 0 Å². The molecule has 0 aliphatic heterocycles. The largest absolute Gasteiger partial charge is 0.313 e. The van der Waals surface area contributed by atoms with Crippen LogP contribution in [0.4, 0.5) is 0 Å². The quantitative estimate of drug-likeness (QED) is 0.857. The maximum absolute atomic E-state index is 6.39. The van der Waals surface area contributed by atoms with Gasteiger partial charge in [-0.2, -0.15) is 0 Å². The molecular weight excluding hydrogens is 242 g/mol. The highest BCUT2D eigenvalue weighted by Crippen LogP contribution is 2.30. The Morgan fingerprint density at radius 2 is 1.83 bits per heavy atom. The van der Waals surface area contributed by atoms with Crippen LogP contribution in [0.15, 0.2) is 42.5 Å². The SMILES string of the molecule is CCNCc1ccc(-c2ccccc2C)c(Cl)c1. The standard InChI is InChI=1S/C16H18ClN/c1-3-18-11-13-8-9-15(16(17)10-13)14-7-5-4-6-12(14)2/h4-10,18H,3,11H2,1-2H3. The van der Waals surface area contributed by atoms with Crippen molar-refractivity contribution in [1.82, 2.24) is 5.32 Å². The van der Waals surface area contributed by atoms with Gasteiger partial charge in [0.25, 0.3) is 0 Å². The average molecular weight is 260 g/mol. The highest BCUT2D eigenvalue weighted by atomic mass is 35.5. The maximum Gasteiger partial charge on any atom is 0.0487 e. The van der Waals surface area contributed by atoms with E-state index in [9.17, 15) is 0 Å². The van der Waals surface area contributed by atoms with Crippen LogP contribution >= 0.6 is 11.6 Å². The third-order valence-corrected chi connectivity index (χ3v) is 3.36. The predicted octanol–water partition coefficient (Wildman–Crippen LogP) is 4.42. The lowest BCUT2D eigenvalue weighted by atomic mass is 9.99. The molecule has 0 atom stereocenters. The molecule has 0 saturated heterocycles. The molecule has 0 amide bonds. The second-order valence-corrected chi connectivity index (χ2v) is 4.82. The lowest BCUT2D eigenvalue weighted by Gasteiger charge is -2.10. The summed E-state index contributed by atoms with van der Waals surface area (Å²) in [7, 11) is 0. The fourth-order valence-electron chi connectivity index (χ4n) is 2.03. The number of nitrogens with one attached hydrogen (secondary N) is 1. The highest BCUT2D eigenvalue weighted by molar-refractivity contribution is 6.33. The number of hydrogen-bond acceptors (Lipinski definition) is 1. The molecule has 0 aliphatic carbocycles. The predicted molar refractivity (Wildman–Crippen MR) is 79.0 cm³/mol. The van der Waals surface area contributed by atoms with Gasteiger partial charge in [-0.05, 0) is 36.2 Å². The van der Waals surface area contributed by atoms with Crippen molar-refractivity contribution in [3.05, 3.63) is 58.6 Å². The van der Waals surface area contributed by atoms with Crippen molar-refractivity contribution in [3.63, 3.8) is 0 Å². The minimum Gasteiger partial charge on any atom is -0.313 e. The van der Waals surface area contributed by atoms with Crippen molar-refractivity contribution in [2.45, 2.75) is 20.4 Å². The zero-order chi connectivity index (χ0) is 13.0. The van der Waals surface area contributed by atoms with Crippen molar-refractivity contribution >= 4 is 11.6 Å². The first-order valence-electron chi connectivity index (χ1n) is 6.27. The number of aryl methyl sites for hydroxylation is 1. The zero-order valence-electron chi connectivity index (χ0n) is 10.8. The first kappa shape index (κ1) is 13.1. The molecule has 1 nitrogen and oxygen atoms in total. The molecule has 2 heteroatoms. The normalized spacial score (nSPS) is 10.6. The van der Waals surface area contributed by atoms with Crippen molar-refractivity contribution < 1.29 is 0 Å². The summed E-state index contributed by atoms with van der Waals surface area (Å²) in [5, 5.41) is 4.12. The van der Waals surface area contributed by atoms with Crippen LogP contribution < -0.4 is 5.32 Å². The van der Waals surface area contributed by atoms with Gasteiger partial charge in [-0.3, -0.25) is 0 Å². The summed E-state index contributed by atoms with van der Waals surface area (Å²) in [6.45, 7) is 6.04. The summed E-state index contributed by atoms with van der Waals surface area (Å²) in [5.74, 6) is 0. The minimum atomic E-state index is 0.819. The molecule has 18 heavy (non-hydrogen) atoms. The summed E-state index contributed by atoms with van der Waals surface area (Å²) in [6.07, 6.45) is 0. The van der Waals surface area contributed by atoms with Crippen molar-refractivity contribution in [1.29, 1.82) is 0 Å². The molecule has 0 saturated carbocycles. The molecule has 0 heterocycles. The smallest absolute Gasteiger partial charge is 0.0487 e. The van der Waals surface area contributed by atoms with Gasteiger partial charge in [-0.1, -0.05) is 54.9 Å². The summed E-state index contributed by atoms with van der Waals surface area (Å²) < 4.78 is 0. The Bertz CT molecular complexity index is 534. The molecule has 2 aromatic carbocycles. The Kier molecular flexibility index (Phi) is 4.40. The van der Waals surface area contributed by atoms with Crippen LogP contribution in [0.25, 0.3) is 11.1 Å². The maximum atomic E-state index is 6.39. The van der Waals surface area contributed by atoms with Gasteiger partial charge >= 0.3 is 0 Å². The van der Waals surface area contributed by atoms with Gasteiger partial charge in [-0.25, -0.2) is 0 Å². The molecule has 0 radical (unpaired) electrons. The molecule has 0 bridgehead atoms. The third kappa shape index (κ3) is 2.92. The molecule has 1 N–H and O–H groups in total. The second-order valence-electron chi connectivity index (χ2n) is 4.41. The minimum absolute atomic E-state index is 0.819. The van der Waals surface area contributed by atoms with E-state index in [4.69, 9.17) is 11.6 Å². The molecule has 0 aliphatic rings. The van der Waals surface area contributed by atoms with Gasteiger partial charge in [-0.15, -0.1) is 0 Å². The van der Waals surface area contributed by atoms with E-state index in [1.807, 2.05) is 18.2 Å². The van der Waals surface area contributed by atoms with E-state index in [1.165, 1.54) is 16.7 Å². The first-order chi connectivity index (χ1) is 8.72. The number of rotatable bonds is 4. The zero-order valence-corrected chi connectivity index (χ0v) is 11.6. The number of benzene rings is 2. The monoisotopic (exact) mass is 259 g/mol. The van der Waals surface area contributed by atoms with Gasteiger partial charge in [0.2, 0.25) is 0 Å². The van der Waals surface area contributed by atoms with Crippen LogP contribution in [0, 0.1) is 6.92 Å². The fourth-order valence-corrected chi connectivity index (χ4v) is 2.34. The van der Waals surface area contributed by atoms with E-state index in [1.54, 1.807) is 0 Å². The summed E-state index contributed by atoms with van der Waals surface area (Å²) >= 11 is 6.39. The summed E-state index contributed by atoms with van der Waals surface area (Å²) in [5.41, 5.74) is 4.78. The topological polar surface area (TPSA) is 12.0 Å². The van der Waals surface area contributed by atoms with Gasteiger partial charge in [0.1, 0.15) is 0 Å². The van der Waals surface area contributed by atoms with Crippen LogP contribution in [-0.2, 0) is 6.54 Å². The Balaban J connectivity index is 2.33. The van der Waals surface area contributed by atoms with Crippen molar-refractivity contribution in [2.75, 3.05) is 6.54 Å². The molecule has 0 unspecified atom stereocenters. The highest BCUT2D eigenvalue weighted by Gasteiger charge is 2.06. The first-order valence-corrected chi connectivity index (χ1v) is 6.65. The molecule has 2 aromatic rings. The molecule has 0 spiro atoms. The van der Waals surface area contributed by atoms with Gasteiger partial charge in [0, 0.05) is 17.1 Å². The van der Waals surface area contributed by atoms with Crippen molar-refractivity contribution in [3.8, 4) is 11.1 Å². The molecule has 0 fully saturated rings. The summed E-state index contributed by atoms with van der Waals surface area (Å²) in [4.78, 5) is 0. The summed E-state index contributed by atoms with van der Waals surface area (Å²) in [6, 6.07) is 14.6.